The van der Waals surface area contributed by atoms with E-state index < -0.39 is 0 Å². The van der Waals surface area contributed by atoms with Crippen molar-refractivity contribution in [3.63, 3.8) is 0 Å². The van der Waals surface area contributed by atoms with Crippen LogP contribution in [0.1, 0.15) is 35.1 Å². The smallest absolute Gasteiger partial charge is 0.248 e. The van der Waals surface area contributed by atoms with Crippen LogP contribution in [-0.4, -0.2) is 18.2 Å². The SMILES string of the molecule is CCc1cccc(NC(=O)/C=C/c2ccc(OCc3c(C)noc3C)c(OC)c2)c1. The van der Waals surface area contributed by atoms with Crippen molar-refractivity contribution < 1.29 is 18.8 Å². The summed E-state index contributed by atoms with van der Waals surface area (Å²) in [5.74, 6) is 1.73. The Bertz CT molecular complexity index is 1030. The van der Waals surface area contributed by atoms with Gasteiger partial charge >= 0.3 is 0 Å². The highest BCUT2D eigenvalue weighted by Gasteiger charge is 2.12. The van der Waals surface area contributed by atoms with Crippen molar-refractivity contribution in [3.8, 4) is 11.5 Å². The molecule has 0 aliphatic rings. The normalized spacial score (nSPS) is 10.9. The predicted molar refractivity (Wildman–Crippen MR) is 117 cm³/mol. The second-order valence-corrected chi connectivity index (χ2v) is 6.88. The molecule has 0 fully saturated rings. The van der Waals surface area contributed by atoms with Crippen molar-refractivity contribution in [1.29, 1.82) is 0 Å². The van der Waals surface area contributed by atoms with E-state index in [1.54, 1.807) is 13.2 Å². The summed E-state index contributed by atoms with van der Waals surface area (Å²) < 4.78 is 16.5. The molecule has 1 N–H and O–H groups in total. The molecule has 0 atom stereocenters. The minimum absolute atomic E-state index is 0.194. The van der Waals surface area contributed by atoms with Crippen LogP contribution in [0.4, 0.5) is 5.69 Å². The van der Waals surface area contributed by atoms with Gasteiger partial charge < -0.3 is 19.3 Å². The highest BCUT2D eigenvalue weighted by atomic mass is 16.5. The van der Waals surface area contributed by atoms with Gasteiger partial charge in [0.1, 0.15) is 12.4 Å². The molecule has 6 nitrogen and oxygen atoms in total. The van der Waals surface area contributed by atoms with E-state index in [0.29, 0.717) is 18.1 Å². The van der Waals surface area contributed by atoms with Gasteiger partial charge in [0.05, 0.1) is 18.4 Å². The van der Waals surface area contributed by atoms with Crippen molar-refractivity contribution in [1.82, 2.24) is 5.16 Å². The molecule has 30 heavy (non-hydrogen) atoms. The highest BCUT2D eigenvalue weighted by Crippen LogP contribution is 2.30. The molecule has 0 unspecified atom stereocenters. The maximum atomic E-state index is 12.2. The summed E-state index contributed by atoms with van der Waals surface area (Å²) >= 11 is 0. The lowest BCUT2D eigenvalue weighted by atomic mass is 10.1. The topological polar surface area (TPSA) is 73.6 Å². The molecule has 3 rings (SSSR count). The summed E-state index contributed by atoms with van der Waals surface area (Å²) in [5, 5.41) is 6.81. The average molecular weight is 406 g/mol. The Morgan fingerprint density at radius 1 is 1.17 bits per heavy atom. The van der Waals surface area contributed by atoms with Crippen LogP contribution in [0.15, 0.2) is 53.1 Å². The molecule has 0 saturated carbocycles. The molecule has 1 heterocycles. The number of benzene rings is 2. The van der Waals surface area contributed by atoms with Crippen LogP contribution in [-0.2, 0) is 17.8 Å². The number of hydrogen-bond donors (Lipinski definition) is 1. The van der Waals surface area contributed by atoms with E-state index in [1.165, 1.54) is 11.6 Å². The Morgan fingerprint density at radius 3 is 2.70 bits per heavy atom. The van der Waals surface area contributed by atoms with E-state index in [0.717, 1.165) is 34.7 Å². The number of hydrogen-bond acceptors (Lipinski definition) is 5. The zero-order valence-corrected chi connectivity index (χ0v) is 17.7. The number of rotatable bonds is 8. The average Bonchev–Trinajstić information content (AvgIpc) is 3.08. The van der Waals surface area contributed by atoms with Crippen molar-refractivity contribution in [2.75, 3.05) is 12.4 Å². The summed E-state index contributed by atoms with van der Waals surface area (Å²) in [6.07, 6.45) is 4.15. The molecule has 0 aliphatic heterocycles. The quantitative estimate of drug-likeness (QED) is 0.527. The van der Waals surface area contributed by atoms with Crippen molar-refractivity contribution in [2.45, 2.75) is 33.8 Å². The van der Waals surface area contributed by atoms with Gasteiger partial charge in [-0.1, -0.05) is 30.3 Å². The third kappa shape index (κ3) is 5.29. The Kier molecular flexibility index (Phi) is 6.91. The Morgan fingerprint density at radius 2 is 2.00 bits per heavy atom. The third-order valence-corrected chi connectivity index (χ3v) is 4.77. The van der Waals surface area contributed by atoms with Crippen LogP contribution in [0, 0.1) is 13.8 Å². The van der Waals surface area contributed by atoms with Crippen LogP contribution in [0.3, 0.4) is 0 Å². The number of methoxy groups -OCH3 is 1. The molecule has 3 aromatic rings. The fourth-order valence-electron chi connectivity index (χ4n) is 2.99. The monoisotopic (exact) mass is 406 g/mol. The Labute approximate surface area is 176 Å². The van der Waals surface area contributed by atoms with Gasteiger partial charge in [-0.25, -0.2) is 0 Å². The molecular formula is C24H26N2O4. The molecular weight excluding hydrogens is 380 g/mol. The lowest BCUT2D eigenvalue weighted by Gasteiger charge is -2.11. The molecule has 2 aromatic carbocycles. The zero-order chi connectivity index (χ0) is 21.5. The fraction of sp³-hybridized carbons (Fsp3) is 0.250. The standard InChI is InChI=1S/C24H26N2O4/c1-5-18-7-6-8-20(13-18)25-24(27)12-10-19-9-11-22(23(14-19)28-4)29-15-21-16(2)26-30-17(21)3/h6-14H,5,15H2,1-4H3,(H,25,27)/b12-10+. The minimum Gasteiger partial charge on any atom is -0.493 e. The molecule has 156 valence electrons. The lowest BCUT2D eigenvalue weighted by molar-refractivity contribution is -0.111. The lowest BCUT2D eigenvalue weighted by Crippen LogP contribution is -2.07. The Balaban J connectivity index is 1.65. The van der Waals surface area contributed by atoms with Crippen molar-refractivity contribution >= 4 is 17.7 Å². The van der Waals surface area contributed by atoms with Gasteiger partial charge in [-0.3, -0.25) is 4.79 Å². The van der Waals surface area contributed by atoms with Gasteiger partial charge in [-0.15, -0.1) is 0 Å². The largest absolute Gasteiger partial charge is 0.493 e. The molecule has 0 radical (unpaired) electrons. The highest BCUT2D eigenvalue weighted by molar-refractivity contribution is 6.02. The van der Waals surface area contributed by atoms with Crippen LogP contribution < -0.4 is 14.8 Å². The number of carbonyl (C=O) groups is 1. The summed E-state index contributed by atoms with van der Waals surface area (Å²) in [5.41, 5.74) is 4.51. The summed E-state index contributed by atoms with van der Waals surface area (Å²) in [7, 11) is 1.58. The zero-order valence-electron chi connectivity index (χ0n) is 17.7. The first kappa shape index (κ1) is 21.2. The first-order valence-corrected chi connectivity index (χ1v) is 9.80. The van der Waals surface area contributed by atoms with Gasteiger partial charge in [0, 0.05) is 11.8 Å². The second kappa shape index (κ2) is 9.78. The predicted octanol–water partition coefficient (Wildman–Crippen LogP) is 5.09. The van der Waals surface area contributed by atoms with Gasteiger partial charge in [0.2, 0.25) is 5.91 Å². The second-order valence-electron chi connectivity index (χ2n) is 6.88. The van der Waals surface area contributed by atoms with Crippen LogP contribution >= 0.6 is 0 Å². The number of aromatic nitrogens is 1. The van der Waals surface area contributed by atoms with E-state index >= 15 is 0 Å². The summed E-state index contributed by atoms with van der Waals surface area (Å²) in [6.45, 7) is 6.15. The van der Waals surface area contributed by atoms with E-state index in [1.807, 2.05) is 56.3 Å². The van der Waals surface area contributed by atoms with E-state index in [-0.39, 0.29) is 5.91 Å². The maximum absolute atomic E-state index is 12.2. The maximum Gasteiger partial charge on any atom is 0.248 e. The number of amides is 1. The molecule has 0 aliphatic carbocycles. The Hall–Kier alpha value is -3.54. The van der Waals surface area contributed by atoms with Crippen molar-refractivity contribution in [2.24, 2.45) is 0 Å². The first-order valence-electron chi connectivity index (χ1n) is 9.80. The number of nitrogens with zero attached hydrogens (tertiary/aromatic N) is 1. The van der Waals surface area contributed by atoms with Crippen LogP contribution in [0.2, 0.25) is 0 Å². The van der Waals surface area contributed by atoms with Crippen LogP contribution in [0.5, 0.6) is 11.5 Å². The van der Waals surface area contributed by atoms with Gasteiger partial charge in [-0.05, 0) is 61.7 Å². The van der Waals surface area contributed by atoms with Gasteiger partial charge in [-0.2, -0.15) is 0 Å². The number of ether oxygens (including phenoxy) is 2. The minimum atomic E-state index is -0.194. The number of aryl methyl sites for hydroxylation is 3. The molecule has 0 bridgehead atoms. The number of anilines is 1. The van der Waals surface area contributed by atoms with E-state index in [9.17, 15) is 4.79 Å². The van der Waals surface area contributed by atoms with E-state index in [4.69, 9.17) is 14.0 Å². The van der Waals surface area contributed by atoms with Gasteiger partial charge in [0.15, 0.2) is 11.5 Å². The van der Waals surface area contributed by atoms with Crippen molar-refractivity contribution in [3.05, 3.63) is 76.7 Å². The van der Waals surface area contributed by atoms with Gasteiger partial charge in [0.25, 0.3) is 0 Å². The van der Waals surface area contributed by atoms with E-state index in [2.05, 4.69) is 17.4 Å². The molecule has 0 saturated heterocycles. The molecule has 6 heteroatoms. The van der Waals surface area contributed by atoms with Crippen LogP contribution in [0.25, 0.3) is 6.08 Å². The summed E-state index contributed by atoms with van der Waals surface area (Å²) in [4.78, 5) is 12.2. The number of carbonyl (C=O) groups excluding carboxylic acids is 1. The third-order valence-electron chi connectivity index (χ3n) is 4.77. The fourth-order valence-corrected chi connectivity index (χ4v) is 2.99. The molecule has 1 aromatic heterocycles. The number of nitrogens with one attached hydrogen (secondary N) is 1. The first-order chi connectivity index (χ1) is 14.5. The summed E-state index contributed by atoms with van der Waals surface area (Å²) in [6, 6.07) is 13.3. The molecule has 0 spiro atoms. The molecule has 1 amide bonds.